The Morgan fingerprint density at radius 3 is 2.71 bits per heavy atom. The van der Waals surface area contributed by atoms with E-state index in [0.29, 0.717) is 17.1 Å². The van der Waals surface area contributed by atoms with E-state index in [1.54, 1.807) is 25.1 Å². The van der Waals surface area contributed by atoms with Crippen LogP contribution < -0.4 is 14.8 Å². The first kappa shape index (κ1) is 17.8. The third-order valence-corrected chi connectivity index (χ3v) is 4.80. The summed E-state index contributed by atoms with van der Waals surface area (Å²) >= 11 is 0. The van der Waals surface area contributed by atoms with E-state index in [0.717, 1.165) is 10.5 Å². The topological polar surface area (TPSA) is 111 Å². The highest BCUT2D eigenvalue weighted by Crippen LogP contribution is 2.34. The van der Waals surface area contributed by atoms with Crippen LogP contribution in [0.3, 0.4) is 0 Å². The van der Waals surface area contributed by atoms with Crippen LogP contribution in [0.4, 0.5) is 10.5 Å². The van der Waals surface area contributed by atoms with Crippen LogP contribution >= 0.6 is 0 Å². The summed E-state index contributed by atoms with van der Waals surface area (Å²) in [5, 5.41) is 13.7. The summed E-state index contributed by atoms with van der Waals surface area (Å²) in [6, 6.07) is 10.7. The van der Waals surface area contributed by atoms with Crippen LogP contribution in [-0.2, 0) is 17.8 Å². The number of nitro benzene ring substituents is 1. The number of hydrogen-bond donors (Lipinski definition) is 1. The number of nitro groups is 1. The molecule has 0 aliphatic carbocycles. The Hall–Kier alpha value is -3.62. The molecule has 9 nitrogen and oxygen atoms in total. The molecule has 1 fully saturated rings. The molecule has 2 heterocycles. The number of carbonyl (C=O) groups excluding carboxylic acids is 2. The van der Waals surface area contributed by atoms with Crippen molar-refractivity contribution in [1.29, 1.82) is 0 Å². The lowest BCUT2D eigenvalue weighted by molar-refractivity contribution is -0.384. The summed E-state index contributed by atoms with van der Waals surface area (Å²) in [5.41, 5.74) is 0.112. The van der Waals surface area contributed by atoms with Crippen molar-refractivity contribution in [2.24, 2.45) is 0 Å². The maximum Gasteiger partial charge on any atom is 0.325 e. The molecule has 3 amide bonds. The second kappa shape index (κ2) is 6.52. The van der Waals surface area contributed by atoms with Crippen molar-refractivity contribution in [2.75, 3.05) is 6.79 Å². The number of imide groups is 1. The number of benzene rings is 2. The number of fused-ring (bicyclic) bond motifs is 1. The van der Waals surface area contributed by atoms with Gasteiger partial charge in [0.25, 0.3) is 11.6 Å². The van der Waals surface area contributed by atoms with Gasteiger partial charge in [0.1, 0.15) is 5.54 Å². The van der Waals surface area contributed by atoms with Gasteiger partial charge >= 0.3 is 6.03 Å². The molecule has 0 aromatic heterocycles. The summed E-state index contributed by atoms with van der Waals surface area (Å²) in [6.45, 7) is 1.77. The summed E-state index contributed by atoms with van der Waals surface area (Å²) < 4.78 is 10.6. The van der Waals surface area contributed by atoms with Gasteiger partial charge in [-0.25, -0.2) is 4.79 Å². The molecule has 2 aliphatic rings. The number of urea groups is 1. The highest BCUT2D eigenvalue weighted by atomic mass is 16.7. The fourth-order valence-corrected chi connectivity index (χ4v) is 3.42. The van der Waals surface area contributed by atoms with Crippen molar-refractivity contribution in [3.8, 4) is 11.5 Å². The fraction of sp³-hybridized carbons (Fsp3) is 0.263. The third kappa shape index (κ3) is 3.11. The van der Waals surface area contributed by atoms with Crippen molar-refractivity contribution in [3.63, 3.8) is 0 Å². The zero-order chi connectivity index (χ0) is 19.9. The highest BCUT2D eigenvalue weighted by Gasteiger charge is 2.47. The second-order valence-electron chi connectivity index (χ2n) is 6.94. The summed E-state index contributed by atoms with van der Waals surface area (Å²) in [5.74, 6) is 0.857. The first-order chi connectivity index (χ1) is 13.4. The van der Waals surface area contributed by atoms with E-state index >= 15 is 0 Å². The van der Waals surface area contributed by atoms with Crippen LogP contribution in [0.15, 0.2) is 42.5 Å². The van der Waals surface area contributed by atoms with Crippen LogP contribution in [0.1, 0.15) is 18.1 Å². The lowest BCUT2D eigenvalue weighted by Gasteiger charge is -2.22. The van der Waals surface area contributed by atoms with Crippen LogP contribution in [0.25, 0.3) is 0 Å². The molecular weight excluding hydrogens is 366 g/mol. The normalized spacial score (nSPS) is 20.4. The minimum absolute atomic E-state index is 0.0386. The Kier molecular flexibility index (Phi) is 4.14. The molecule has 0 spiro atoms. The Morgan fingerprint density at radius 1 is 1.14 bits per heavy atom. The van der Waals surface area contributed by atoms with E-state index < -0.39 is 16.5 Å². The van der Waals surface area contributed by atoms with Crippen LogP contribution in [0.5, 0.6) is 11.5 Å². The number of carbonyl (C=O) groups is 2. The Bertz CT molecular complexity index is 991. The van der Waals surface area contributed by atoms with Crippen LogP contribution in [0, 0.1) is 10.1 Å². The monoisotopic (exact) mass is 383 g/mol. The van der Waals surface area contributed by atoms with Gasteiger partial charge in [0.2, 0.25) is 6.79 Å². The van der Waals surface area contributed by atoms with E-state index in [-0.39, 0.29) is 31.4 Å². The first-order valence-corrected chi connectivity index (χ1v) is 8.62. The maximum absolute atomic E-state index is 13.0. The van der Waals surface area contributed by atoms with Gasteiger partial charge < -0.3 is 14.8 Å². The molecule has 1 atom stereocenters. The Labute approximate surface area is 160 Å². The zero-order valence-corrected chi connectivity index (χ0v) is 15.0. The number of non-ortho nitro benzene ring substituents is 1. The van der Waals surface area contributed by atoms with Crippen molar-refractivity contribution >= 4 is 17.6 Å². The number of ether oxygens (including phenoxy) is 2. The van der Waals surface area contributed by atoms with E-state index in [2.05, 4.69) is 5.32 Å². The fourth-order valence-electron chi connectivity index (χ4n) is 3.42. The molecule has 144 valence electrons. The zero-order valence-electron chi connectivity index (χ0n) is 15.0. The Balaban J connectivity index is 1.53. The minimum atomic E-state index is -1.12. The van der Waals surface area contributed by atoms with E-state index in [1.165, 1.54) is 18.2 Å². The summed E-state index contributed by atoms with van der Waals surface area (Å²) in [7, 11) is 0. The average molecular weight is 383 g/mol. The van der Waals surface area contributed by atoms with Gasteiger partial charge in [-0.15, -0.1) is 0 Å². The molecule has 2 aromatic rings. The maximum atomic E-state index is 13.0. The number of nitrogens with zero attached hydrogens (tertiary/aromatic N) is 2. The highest BCUT2D eigenvalue weighted by molar-refractivity contribution is 6.06. The smallest absolute Gasteiger partial charge is 0.325 e. The molecule has 4 rings (SSSR count). The van der Waals surface area contributed by atoms with Gasteiger partial charge in [-0.2, -0.15) is 0 Å². The summed E-state index contributed by atoms with van der Waals surface area (Å²) in [4.78, 5) is 36.9. The molecular formula is C19H17N3O6. The molecule has 0 radical (unpaired) electrons. The van der Waals surface area contributed by atoms with E-state index in [4.69, 9.17) is 9.47 Å². The molecule has 0 saturated carbocycles. The van der Waals surface area contributed by atoms with Gasteiger partial charge in [-0.3, -0.25) is 19.8 Å². The van der Waals surface area contributed by atoms with E-state index in [1.807, 2.05) is 6.07 Å². The van der Waals surface area contributed by atoms with Gasteiger partial charge in [0, 0.05) is 18.6 Å². The first-order valence-electron chi connectivity index (χ1n) is 8.62. The third-order valence-electron chi connectivity index (χ3n) is 4.80. The van der Waals surface area contributed by atoms with Crippen molar-refractivity contribution < 1.29 is 24.0 Å². The quantitative estimate of drug-likeness (QED) is 0.482. The van der Waals surface area contributed by atoms with Gasteiger partial charge in [0.15, 0.2) is 11.5 Å². The molecule has 0 bridgehead atoms. The predicted octanol–water partition coefficient (Wildman–Crippen LogP) is 2.38. The SMILES string of the molecule is C[C@@]1(Cc2ccc3c(c2)OCO3)NC(=O)N(Cc2cccc([N+](=O)[O-])c2)C1=O. The van der Waals surface area contributed by atoms with Crippen molar-refractivity contribution in [2.45, 2.75) is 25.4 Å². The molecule has 9 heteroatoms. The predicted molar refractivity (Wildman–Crippen MR) is 96.9 cm³/mol. The average Bonchev–Trinajstić information content (AvgIpc) is 3.20. The molecule has 28 heavy (non-hydrogen) atoms. The van der Waals surface area contributed by atoms with Gasteiger partial charge in [0.05, 0.1) is 11.5 Å². The second-order valence-corrected chi connectivity index (χ2v) is 6.94. The summed E-state index contributed by atoms with van der Waals surface area (Å²) in [6.07, 6.45) is 0.277. The Morgan fingerprint density at radius 2 is 1.93 bits per heavy atom. The van der Waals surface area contributed by atoms with Crippen LogP contribution in [-0.4, -0.2) is 34.1 Å². The van der Waals surface area contributed by atoms with Crippen molar-refractivity contribution in [3.05, 3.63) is 63.7 Å². The number of rotatable bonds is 5. The molecule has 0 unspecified atom stereocenters. The van der Waals surface area contributed by atoms with Gasteiger partial charge in [-0.1, -0.05) is 18.2 Å². The number of hydrogen-bond acceptors (Lipinski definition) is 6. The lowest BCUT2D eigenvalue weighted by atomic mass is 9.92. The van der Waals surface area contributed by atoms with Crippen molar-refractivity contribution in [1.82, 2.24) is 10.2 Å². The molecule has 2 aliphatic heterocycles. The lowest BCUT2D eigenvalue weighted by Crippen LogP contribution is -2.45. The molecule has 1 N–H and O–H groups in total. The number of amides is 3. The minimum Gasteiger partial charge on any atom is -0.454 e. The molecule has 2 aromatic carbocycles. The number of nitrogens with one attached hydrogen (secondary N) is 1. The standard InChI is InChI=1S/C19H17N3O6/c1-19(9-12-5-6-15-16(8-12)28-11-27-15)17(23)21(18(24)20-19)10-13-3-2-4-14(7-13)22(25)26/h2-8H,9-11H2,1H3,(H,20,24)/t19-/m0/s1. The van der Waals surface area contributed by atoms with Crippen LogP contribution in [0.2, 0.25) is 0 Å². The molecule has 1 saturated heterocycles. The largest absolute Gasteiger partial charge is 0.454 e. The van der Waals surface area contributed by atoms with Gasteiger partial charge in [-0.05, 0) is 30.2 Å². The van der Waals surface area contributed by atoms with E-state index in [9.17, 15) is 19.7 Å².